The SMILES string of the molecule is CCn1ccnc(NCCCN(C)C)c1=O. The summed E-state index contributed by atoms with van der Waals surface area (Å²) in [7, 11) is 4.07. The Morgan fingerprint density at radius 3 is 2.88 bits per heavy atom. The van der Waals surface area contributed by atoms with Crippen LogP contribution in [-0.4, -0.2) is 41.6 Å². The molecule has 0 bridgehead atoms. The van der Waals surface area contributed by atoms with Crippen molar-refractivity contribution in [3.63, 3.8) is 0 Å². The van der Waals surface area contributed by atoms with Gasteiger partial charge in [0.2, 0.25) is 0 Å². The lowest BCUT2D eigenvalue weighted by Gasteiger charge is -2.10. The lowest BCUT2D eigenvalue weighted by molar-refractivity contribution is 0.405. The summed E-state index contributed by atoms with van der Waals surface area (Å²) < 4.78 is 1.64. The van der Waals surface area contributed by atoms with E-state index in [0.717, 1.165) is 19.5 Å². The van der Waals surface area contributed by atoms with Gasteiger partial charge in [0.25, 0.3) is 5.56 Å². The minimum atomic E-state index is -0.0464. The fourth-order valence-corrected chi connectivity index (χ4v) is 1.42. The van der Waals surface area contributed by atoms with Crippen molar-refractivity contribution in [3.05, 3.63) is 22.7 Å². The van der Waals surface area contributed by atoms with E-state index in [1.807, 2.05) is 21.0 Å². The molecule has 0 aromatic carbocycles. The molecule has 5 heteroatoms. The second-order valence-electron chi connectivity index (χ2n) is 3.95. The van der Waals surface area contributed by atoms with E-state index in [-0.39, 0.29) is 5.56 Å². The van der Waals surface area contributed by atoms with Crippen molar-refractivity contribution >= 4 is 5.82 Å². The predicted molar refractivity (Wildman–Crippen MR) is 65.8 cm³/mol. The first-order valence-corrected chi connectivity index (χ1v) is 5.59. The zero-order valence-electron chi connectivity index (χ0n) is 10.2. The van der Waals surface area contributed by atoms with Crippen LogP contribution in [0.25, 0.3) is 0 Å². The molecule has 0 aliphatic carbocycles. The molecule has 0 atom stereocenters. The molecule has 1 N–H and O–H groups in total. The second-order valence-corrected chi connectivity index (χ2v) is 3.95. The molecule has 90 valence electrons. The van der Waals surface area contributed by atoms with E-state index in [1.54, 1.807) is 17.0 Å². The average Bonchev–Trinajstić information content (AvgIpc) is 2.26. The van der Waals surface area contributed by atoms with E-state index in [2.05, 4.69) is 15.2 Å². The van der Waals surface area contributed by atoms with Crippen molar-refractivity contribution in [2.45, 2.75) is 19.9 Å². The molecule has 0 radical (unpaired) electrons. The summed E-state index contributed by atoms with van der Waals surface area (Å²) in [6.07, 6.45) is 4.35. The van der Waals surface area contributed by atoms with Crippen LogP contribution in [0.15, 0.2) is 17.2 Å². The molecule has 0 saturated heterocycles. The van der Waals surface area contributed by atoms with E-state index in [1.165, 1.54) is 0 Å². The Morgan fingerprint density at radius 1 is 1.50 bits per heavy atom. The normalized spacial score (nSPS) is 10.8. The van der Waals surface area contributed by atoms with E-state index in [9.17, 15) is 4.79 Å². The summed E-state index contributed by atoms with van der Waals surface area (Å²) >= 11 is 0. The van der Waals surface area contributed by atoms with Crippen molar-refractivity contribution in [2.24, 2.45) is 0 Å². The van der Waals surface area contributed by atoms with Crippen molar-refractivity contribution in [1.82, 2.24) is 14.5 Å². The first kappa shape index (κ1) is 12.7. The summed E-state index contributed by atoms with van der Waals surface area (Å²) in [5.41, 5.74) is -0.0464. The minimum absolute atomic E-state index is 0.0464. The fourth-order valence-electron chi connectivity index (χ4n) is 1.42. The fraction of sp³-hybridized carbons (Fsp3) is 0.636. The van der Waals surface area contributed by atoms with Crippen molar-refractivity contribution in [2.75, 3.05) is 32.5 Å². The second kappa shape index (κ2) is 6.27. The van der Waals surface area contributed by atoms with Gasteiger partial charge in [-0.3, -0.25) is 4.79 Å². The van der Waals surface area contributed by atoms with Gasteiger partial charge in [-0.1, -0.05) is 0 Å². The van der Waals surface area contributed by atoms with Crippen molar-refractivity contribution in [3.8, 4) is 0 Å². The van der Waals surface area contributed by atoms with Crippen LogP contribution in [0.3, 0.4) is 0 Å². The molecule has 0 fully saturated rings. The predicted octanol–water partition coefficient (Wildman–Crippen LogP) is 0.627. The van der Waals surface area contributed by atoms with Crippen LogP contribution in [0, 0.1) is 0 Å². The molecule has 0 saturated carbocycles. The number of aryl methyl sites for hydroxylation is 1. The average molecular weight is 224 g/mol. The summed E-state index contributed by atoms with van der Waals surface area (Å²) in [4.78, 5) is 17.9. The van der Waals surface area contributed by atoms with Gasteiger partial charge in [-0.2, -0.15) is 0 Å². The standard InChI is InChI=1S/C11H20N4O/c1-4-15-9-7-13-10(11(15)16)12-6-5-8-14(2)3/h7,9H,4-6,8H2,1-3H3,(H,12,13). The van der Waals surface area contributed by atoms with Gasteiger partial charge in [-0.25, -0.2) is 4.98 Å². The number of anilines is 1. The number of aromatic nitrogens is 2. The van der Waals surface area contributed by atoms with Crippen LogP contribution in [-0.2, 0) is 6.54 Å². The van der Waals surface area contributed by atoms with Crippen LogP contribution in [0.5, 0.6) is 0 Å². The zero-order chi connectivity index (χ0) is 12.0. The Hall–Kier alpha value is -1.36. The number of hydrogen-bond acceptors (Lipinski definition) is 4. The quantitative estimate of drug-likeness (QED) is 0.720. The van der Waals surface area contributed by atoms with Crippen molar-refractivity contribution < 1.29 is 0 Å². The Bertz CT molecular complexity index is 372. The van der Waals surface area contributed by atoms with Gasteiger partial charge in [0, 0.05) is 25.5 Å². The maximum atomic E-state index is 11.8. The molecule has 1 aromatic heterocycles. The Labute approximate surface area is 96.1 Å². The van der Waals surface area contributed by atoms with Gasteiger partial charge in [0.15, 0.2) is 5.82 Å². The molecular formula is C11H20N4O. The van der Waals surface area contributed by atoms with Crippen molar-refractivity contribution in [1.29, 1.82) is 0 Å². The van der Waals surface area contributed by atoms with E-state index in [4.69, 9.17) is 0 Å². The first-order chi connectivity index (χ1) is 7.65. The molecule has 0 aliphatic rings. The van der Waals surface area contributed by atoms with Gasteiger partial charge in [-0.15, -0.1) is 0 Å². The zero-order valence-corrected chi connectivity index (χ0v) is 10.2. The largest absolute Gasteiger partial charge is 0.365 e. The van der Waals surface area contributed by atoms with Gasteiger partial charge in [-0.05, 0) is 34.0 Å². The summed E-state index contributed by atoms with van der Waals surface area (Å²) in [6, 6.07) is 0. The highest BCUT2D eigenvalue weighted by Crippen LogP contribution is 1.93. The topological polar surface area (TPSA) is 50.2 Å². The van der Waals surface area contributed by atoms with E-state index in [0.29, 0.717) is 12.4 Å². The van der Waals surface area contributed by atoms with Crippen LogP contribution in [0.4, 0.5) is 5.82 Å². The Morgan fingerprint density at radius 2 is 2.25 bits per heavy atom. The van der Waals surface area contributed by atoms with Crippen LogP contribution in [0.1, 0.15) is 13.3 Å². The Kier molecular flexibility index (Phi) is 4.98. The lowest BCUT2D eigenvalue weighted by Crippen LogP contribution is -2.25. The van der Waals surface area contributed by atoms with Crippen LogP contribution >= 0.6 is 0 Å². The highest BCUT2D eigenvalue weighted by molar-refractivity contribution is 5.30. The third kappa shape index (κ3) is 3.66. The number of rotatable bonds is 6. The highest BCUT2D eigenvalue weighted by atomic mass is 16.1. The Balaban J connectivity index is 2.51. The van der Waals surface area contributed by atoms with Gasteiger partial charge < -0.3 is 14.8 Å². The summed E-state index contributed by atoms with van der Waals surface area (Å²) in [6.45, 7) is 4.39. The van der Waals surface area contributed by atoms with E-state index >= 15 is 0 Å². The van der Waals surface area contributed by atoms with Crippen LogP contribution in [0.2, 0.25) is 0 Å². The monoisotopic (exact) mass is 224 g/mol. The summed E-state index contributed by atoms with van der Waals surface area (Å²) in [5.74, 6) is 0.447. The highest BCUT2D eigenvalue weighted by Gasteiger charge is 2.02. The minimum Gasteiger partial charge on any atom is -0.365 e. The molecule has 0 amide bonds. The smallest absolute Gasteiger partial charge is 0.293 e. The molecular weight excluding hydrogens is 204 g/mol. The molecule has 1 rings (SSSR count). The number of nitrogens with one attached hydrogen (secondary N) is 1. The molecule has 5 nitrogen and oxygen atoms in total. The van der Waals surface area contributed by atoms with Crippen LogP contribution < -0.4 is 10.9 Å². The van der Waals surface area contributed by atoms with Gasteiger partial charge >= 0.3 is 0 Å². The third-order valence-corrected chi connectivity index (χ3v) is 2.33. The lowest BCUT2D eigenvalue weighted by atomic mass is 10.4. The molecule has 1 aromatic rings. The third-order valence-electron chi connectivity index (χ3n) is 2.33. The van der Waals surface area contributed by atoms with E-state index < -0.39 is 0 Å². The number of nitrogens with zero attached hydrogens (tertiary/aromatic N) is 3. The molecule has 0 unspecified atom stereocenters. The maximum Gasteiger partial charge on any atom is 0.293 e. The first-order valence-electron chi connectivity index (χ1n) is 5.59. The van der Waals surface area contributed by atoms with Gasteiger partial charge in [0.1, 0.15) is 0 Å². The summed E-state index contributed by atoms with van der Waals surface area (Å²) in [5, 5.41) is 3.07. The molecule has 16 heavy (non-hydrogen) atoms. The molecule has 1 heterocycles. The maximum absolute atomic E-state index is 11.8. The molecule has 0 aliphatic heterocycles. The van der Waals surface area contributed by atoms with Gasteiger partial charge in [0.05, 0.1) is 0 Å². The number of hydrogen-bond donors (Lipinski definition) is 1. The molecule has 0 spiro atoms.